The predicted octanol–water partition coefficient (Wildman–Crippen LogP) is 4.52. The molecule has 0 radical (unpaired) electrons. The summed E-state index contributed by atoms with van der Waals surface area (Å²) in [5.74, 6) is 0.0536. The minimum atomic E-state index is 0.0536. The highest BCUT2D eigenvalue weighted by molar-refractivity contribution is 6.28. The van der Waals surface area contributed by atoms with Crippen LogP contribution < -0.4 is 0 Å². The van der Waals surface area contributed by atoms with Crippen molar-refractivity contribution in [3.63, 3.8) is 0 Å². The number of rotatable bonds is 7. The fourth-order valence-corrected chi connectivity index (χ4v) is 2.40. The molecule has 0 N–H and O–H groups in total. The summed E-state index contributed by atoms with van der Waals surface area (Å²) in [5, 5.41) is 0.100. The third kappa shape index (κ3) is 3.97. The van der Waals surface area contributed by atoms with E-state index in [2.05, 4.69) is 18.8 Å². The van der Waals surface area contributed by atoms with Crippen molar-refractivity contribution in [2.45, 2.75) is 39.5 Å². The lowest BCUT2D eigenvalue weighted by Crippen LogP contribution is -2.32. The van der Waals surface area contributed by atoms with Crippen molar-refractivity contribution in [2.24, 2.45) is 0 Å². The van der Waals surface area contributed by atoms with Gasteiger partial charge in [0.1, 0.15) is 5.52 Å². The molecule has 0 bridgehead atoms. The molecule has 2 rings (SSSR count). The summed E-state index contributed by atoms with van der Waals surface area (Å²) in [6.07, 6.45) is 4.20. The van der Waals surface area contributed by atoms with E-state index >= 15 is 0 Å². The average molecular weight is 309 g/mol. The molecule has 0 saturated heterocycles. The lowest BCUT2D eigenvalue weighted by molar-refractivity contribution is 0.0751. The first kappa shape index (κ1) is 15.8. The number of oxazole rings is 1. The molecule has 0 atom stereocenters. The van der Waals surface area contributed by atoms with Crippen molar-refractivity contribution in [3.8, 4) is 0 Å². The Balaban J connectivity index is 2.19. The third-order valence-electron chi connectivity index (χ3n) is 3.46. The Labute approximate surface area is 130 Å². The molecule has 0 aliphatic rings. The monoisotopic (exact) mass is 308 g/mol. The van der Waals surface area contributed by atoms with E-state index in [1.165, 1.54) is 0 Å². The molecule has 0 spiro atoms. The molecule has 4 nitrogen and oxygen atoms in total. The van der Waals surface area contributed by atoms with E-state index < -0.39 is 0 Å². The lowest BCUT2D eigenvalue weighted by atomic mass is 10.1. The van der Waals surface area contributed by atoms with Crippen LogP contribution in [0.4, 0.5) is 0 Å². The number of hydrogen-bond donors (Lipinski definition) is 0. The second-order valence-electron chi connectivity index (χ2n) is 5.15. The van der Waals surface area contributed by atoms with Crippen LogP contribution in [-0.2, 0) is 0 Å². The van der Waals surface area contributed by atoms with Crippen LogP contribution >= 0.6 is 11.6 Å². The molecule has 1 amide bonds. The van der Waals surface area contributed by atoms with Gasteiger partial charge in [-0.3, -0.25) is 4.79 Å². The summed E-state index contributed by atoms with van der Waals surface area (Å²) < 4.78 is 5.22. The van der Waals surface area contributed by atoms with Crippen molar-refractivity contribution >= 4 is 28.6 Å². The van der Waals surface area contributed by atoms with E-state index in [9.17, 15) is 4.79 Å². The number of hydrogen-bond acceptors (Lipinski definition) is 3. The Bertz CT molecular complexity index is 601. The van der Waals surface area contributed by atoms with Gasteiger partial charge in [0.05, 0.1) is 0 Å². The normalized spacial score (nSPS) is 11.0. The van der Waals surface area contributed by atoms with E-state index in [1.807, 2.05) is 4.90 Å². The van der Waals surface area contributed by atoms with Gasteiger partial charge in [0, 0.05) is 18.7 Å². The van der Waals surface area contributed by atoms with Crippen LogP contribution in [0.15, 0.2) is 22.6 Å². The minimum Gasteiger partial charge on any atom is -0.428 e. The van der Waals surface area contributed by atoms with Gasteiger partial charge in [-0.15, -0.1) is 0 Å². The Morgan fingerprint density at radius 2 is 1.90 bits per heavy atom. The number of halogens is 1. The van der Waals surface area contributed by atoms with Crippen LogP contribution in [0, 0.1) is 0 Å². The number of nitrogens with zero attached hydrogens (tertiary/aromatic N) is 2. The first-order chi connectivity index (χ1) is 10.2. The second-order valence-corrected chi connectivity index (χ2v) is 5.47. The molecule has 1 aromatic heterocycles. The molecule has 0 aliphatic heterocycles. The van der Waals surface area contributed by atoms with Gasteiger partial charge < -0.3 is 9.32 Å². The van der Waals surface area contributed by atoms with E-state index in [0.717, 1.165) is 38.8 Å². The van der Waals surface area contributed by atoms with Gasteiger partial charge in [-0.2, -0.15) is 4.98 Å². The highest BCUT2D eigenvalue weighted by Gasteiger charge is 2.16. The van der Waals surface area contributed by atoms with E-state index in [-0.39, 0.29) is 11.3 Å². The molecular formula is C16H21ClN2O2. The van der Waals surface area contributed by atoms with Crippen LogP contribution in [0.3, 0.4) is 0 Å². The molecular weight excluding hydrogens is 288 g/mol. The zero-order valence-electron chi connectivity index (χ0n) is 12.6. The van der Waals surface area contributed by atoms with Gasteiger partial charge in [0.25, 0.3) is 11.3 Å². The van der Waals surface area contributed by atoms with Gasteiger partial charge in [-0.25, -0.2) is 0 Å². The minimum absolute atomic E-state index is 0.0536. The molecule has 1 heterocycles. The molecule has 5 heteroatoms. The number of unbranched alkanes of at least 4 members (excludes halogenated alkanes) is 2. The third-order valence-corrected chi connectivity index (χ3v) is 3.62. The van der Waals surface area contributed by atoms with Crippen molar-refractivity contribution in [1.29, 1.82) is 0 Å². The fourth-order valence-electron chi connectivity index (χ4n) is 2.23. The maximum Gasteiger partial charge on any atom is 0.293 e. The van der Waals surface area contributed by atoms with Crippen LogP contribution in [0.5, 0.6) is 0 Å². The summed E-state index contributed by atoms with van der Waals surface area (Å²) in [5.41, 5.74) is 1.86. The van der Waals surface area contributed by atoms with Crippen LogP contribution in [-0.4, -0.2) is 28.9 Å². The van der Waals surface area contributed by atoms with Crippen molar-refractivity contribution in [2.75, 3.05) is 13.1 Å². The Morgan fingerprint density at radius 1 is 1.24 bits per heavy atom. The quantitative estimate of drug-likeness (QED) is 0.755. The van der Waals surface area contributed by atoms with Gasteiger partial charge in [0.2, 0.25) is 0 Å². The number of carbonyl (C=O) groups is 1. The van der Waals surface area contributed by atoms with E-state index in [4.69, 9.17) is 16.0 Å². The summed E-state index contributed by atoms with van der Waals surface area (Å²) in [6.45, 7) is 5.86. The number of amides is 1. The molecule has 0 aliphatic carbocycles. The molecule has 2 aromatic rings. The SMILES string of the molecule is CCCCN(CCCC)C(=O)c1ccc2oc(Cl)nc2c1. The Hall–Kier alpha value is -1.55. The summed E-state index contributed by atoms with van der Waals surface area (Å²) in [7, 11) is 0. The van der Waals surface area contributed by atoms with Gasteiger partial charge in [-0.1, -0.05) is 26.7 Å². The number of carbonyl (C=O) groups excluding carboxylic acids is 1. The molecule has 0 unspecified atom stereocenters. The second kappa shape index (κ2) is 7.46. The maximum atomic E-state index is 12.6. The average Bonchev–Trinajstić information content (AvgIpc) is 2.85. The lowest BCUT2D eigenvalue weighted by Gasteiger charge is -2.22. The molecule has 1 aromatic carbocycles. The summed E-state index contributed by atoms with van der Waals surface area (Å²) >= 11 is 5.74. The predicted molar refractivity (Wildman–Crippen MR) is 84.7 cm³/mol. The van der Waals surface area contributed by atoms with Crippen LogP contribution in [0.1, 0.15) is 49.9 Å². The topological polar surface area (TPSA) is 46.3 Å². The zero-order valence-corrected chi connectivity index (χ0v) is 13.3. The zero-order chi connectivity index (χ0) is 15.2. The maximum absolute atomic E-state index is 12.6. The number of aromatic nitrogens is 1. The van der Waals surface area contributed by atoms with Gasteiger partial charge in [0.15, 0.2) is 5.58 Å². The largest absolute Gasteiger partial charge is 0.428 e. The van der Waals surface area contributed by atoms with Gasteiger partial charge >= 0.3 is 0 Å². The molecule has 21 heavy (non-hydrogen) atoms. The first-order valence-electron chi connectivity index (χ1n) is 7.51. The highest BCUT2D eigenvalue weighted by atomic mass is 35.5. The van der Waals surface area contributed by atoms with Crippen molar-refractivity contribution < 1.29 is 9.21 Å². The van der Waals surface area contributed by atoms with Gasteiger partial charge in [-0.05, 0) is 42.6 Å². The molecule has 0 saturated carbocycles. The Kier molecular flexibility index (Phi) is 5.62. The highest BCUT2D eigenvalue weighted by Crippen LogP contribution is 2.21. The summed E-state index contributed by atoms with van der Waals surface area (Å²) in [6, 6.07) is 5.27. The van der Waals surface area contributed by atoms with Crippen LogP contribution in [0.2, 0.25) is 5.35 Å². The van der Waals surface area contributed by atoms with E-state index in [0.29, 0.717) is 16.7 Å². The standard InChI is InChI=1S/C16H21ClN2O2/c1-3-5-9-19(10-6-4-2)15(20)12-7-8-14-13(11-12)18-16(17)21-14/h7-8,11H,3-6,9-10H2,1-2H3. The Morgan fingerprint density at radius 3 is 2.52 bits per heavy atom. The van der Waals surface area contributed by atoms with E-state index in [1.54, 1.807) is 18.2 Å². The number of fused-ring (bicyclic) bond motifs is 1. The fraction of sp³-hybridized carbons (Fsp3) is 0.500. The van der Waals surface area contributed by atoms with Crippen molar-refractivity contribution in [3.05, 3.63) is 29.1 Å². The van der Waals surface area contributed by atoms with Crippen LogP contribution in [0.25, 0.3) is 11.1 Å². The number of benzene rings is 1. The summed E-state index contributed by atoms with van der Waals surface area (Å²) in [4.78, 5) is 18.6. The molecule has 0 fully saturated rings. The first-order valence-corrected chi connectivity index (χ1v) is 7.88. The van der Waals surface area contributed by atoms with Crippen molar-refractivity contribution in [1.82, 2.24) is 9.88 Å². The molecule has 114 valence electrons. The smallest absolute Gasteiger partial charge is 0.293 e.